The van der Waals surface area contributed by atoms with Crippen LogP contribution in [0.5, 0.6) is 0 Å². The van der Waals surface area contributed by atoms with Crippen LogP contribution in [0.1, 0.15) is 40.2 Å². The van der Waals surface area contributed by atoms with Crippen molar-refractivity contribution in [1.82, 2.24) is 24.6 Å². The number of aryl methyl sites for hydroxylation is 1. The second kappa shape index (κ2) is 11.3. The molecule has 0 saturated carbocycles. The van der Waals surface area contributed by atoms with Gasteiger partial charge < -0.3 is 14.5 Å². The van der Waals surface area contributed by atoms with E-state index in [0.717, 1.165) is 24.6 Å². The minimum absolute atomic E-state index is 0. The molecule has 2 heterocycles. The standard InChI is InChI=1S/C25H30N6O2.ClH/c1-18(20-11-8-12-21(17-20)22(32)19-9-6-5-7-10-19)23-26-24(30(4)28-23)27-25(29(2)3)31-13-15-33-16-14-31;/h5-12,17-18H,13-16H2,1-4H3;1H. The summed E-state index contributed by atoms with van der Waals surface area (Å²) in [5.74, 6) is 1.97. The van der Waals surface area contributed by atoms with Crippen molar-refractivity contribution in [3.63, 3.8) is 0 Å². The molecule has 2 aromatic carbocycles. The molecule has 0 aliphatic carbocycles. The van der Waals surface area contributed by atoms with Crippen LogP contribution in [0.15, 0.2) is 59.6 Å². The van der Waals surface area contributed by atoms with Crippen molar-refractivity contribution in [2.45, 2.75) is 12.8 Å². The number of ketones is 1. The zero-order chi connectivity index (χ0) is 23.4. The van der Waals surface area contributed by atoms with Gasteiger partial charge in [-0.2, -0.15) is 15.1 Å². The molecular weight excluding hydrogens is 452 g/mol. The molecular formula is C25H31ClN6O2. The second-order valence-corrected chi connectivity index (χ2v) is 8.34. The van der Waals surface area contributed by atoms with Gasteiger partial charge in [0.05, 0.1) is 13.2 Å². The van der Waals surface area contributed by atoms with E-state index in [1.54, 1.807) is 4.68 Å². The predicted octanol–water partition coefficient (Wildman–Crippen LogP) is 3.50. The van der Waals surface area contributed by atoms with Gasteiger partial charge in [-0.3, -0.25) is 4.79 Å². The molecule has 1 aliphatic heterocycles. The largest absolute Gasteiger partial charge is 0.378 e. The van der Waals surface area contributed by atoms with E-state index in [4.69, 9.17) is 14.7 Å². The minimum atomic E-state index is -0.0881. The smallest absolute Gasteiger partial charge is 0.251 e. The van der Waals surface area contributed by atoms with E-state index in [1.165, 1.54) is 0 Å². The highest BCUT2D eigenvalue weighted by Gasteiger charge is 2.21. The van der Waals surface area contributed by atoms with Crippen LogP contribution >= 0.6 is 12.4 Å². The highest BCUT2D eigenvalue weighted by molar-refractivity contribution is 6.09. The van der Waals surface area contributed by atoms with Gasteiger partial charge in [-0.05, 0) is 11.6 Å². The molecule has 180 valence electrons. The molecule has 3 aromatic rings. The van der Waals surface area contributed by atoms with Gasteiger partial charge >= 0.3 is 0 Å². The van der Waals surface area contributed by atoms with Gasteiger partial charge in [0.15, 0.2) is 11.6 Å². The van der Waals surface area contributed by atoms with E-state index in [2.05, 4.69) is 10.00 Å². The molecule has 1 unspecified atom stereocenters. The Labute approximate surface area is 206 Å². The molecule has 1 aromatic heterocycles. The quantitative estimate of drug-likeness (QED) is 0.315. The Kier molecular flexibility index (Phi) is 8.41. The summed E-state index contributed by atoms with van der Waals surface area (Å²) in [6, 6.07) is 17.0. The van der Waals surface area contributed by atoms with Crippen LogP contribution in [0.2, 0.25) is 0 Å². The molecule has 8 nitrogen and oxygen atoms in total. The summed E-state index contributed by atoms with van der Waals surface area (Å²) < 4.78 is 7.17. The number of guanidine groups is 1. The van der Waals surface area contributed by atoms with Crippen LogP contribution in [0.25, 0.3) is 0 Å². The van der Waals surface area contributed by atoms with Crippen LogP contribution in [-0.4, -0.2) is 76.7 Å². The summed E-state index contributed by atoms with van der Waals surface area (Å²) >= 11 is 0. The normalized spacial score (nSPS) is 14.9. The Morgan fingerprint density at radius 2 is 1.74 bits per heavy atom. The number of hydrogen-bond donors (Lipinski definition) is 0. The maximum absolute atomic E-state index is 12.9. The van der Waals surface area contributed by atoms with Crippen molar-refractivity contribution < 1.29 is 9.53 Å². The molecule has 1 fully saturated rings. The van der Waals surface area contributed by atoms with Gasteiger partial charge in [0.25, 0.3) is 5.95 Å². The Hall–Kier alpha value is -3.23. The Morgan fingerprint density at radius 1 is 1.06 bits per heavy atom. The SMILES string of the molecule is CC(c1cccc(C(=O)c2ccccc2)c1)c1nc(N=C(N(C)C)N2CCOCC2)n(C)n1.Cl. The predicted molar refractivity (Wildman–Crippen MR) is 135 cm³/mol. The van der Waals surface area contributed by atoms with Crippen LogP contribution in [0.4, 0.5) is 5.95 Å². The van der Waals surface area contributed by atoms with E-state index in [0.29, 0.717) is 36.1 Å². The first-order chi connectivity index (χ1) is 15.9. The first kappa shape index (κ1) is 25.4. The monoisotopic (exact) mass is 482 g/mol. The molecule has 1 aliphatic rings. The summed E-state index contributed by atoms with van der Waals surface area (Å²) in [5, 5.41) is 4.63. The fourth-order valence-corrected chi connectivity index (χ4v) is 3.84. The zero-order valence-electron chi connectivity index (χ0n) is 20.0. The van der Waals surface area contributed by atoms with Crippen molar-refractivity contribution >= 4 is 30.1 Å². The average molecular weight is 483 g/mol. The van der Waals surface area contributed by atoms with E-state index in [9.17, 15) is 4.79 Å². The number of aromatic nitrogens is 3. The molecule has 4 rings (SSSR count). The number of benzene rings is 2. The van der Waals surface area contributed by atoms with Gasteiger partial charge in [0.2, 0.25) is 5.96 Å². The van der Waals surface area contributed by atoms with Gasteiger partial charge in [-0.1, -0.05) is 55.5 Å². The van der Waals surface area contributed by atoms with E-state index < -0.39 is 0 Å². The van der Waals surface area contributed by atoms with Crippen molar-refractivity contribution in [2.24, 2.45) is 12.0 Å². The highest BCUT2D eigenvalue weighted by atomic mass is 35.5. The Balaban J connectivity index is 0.00000324. The lowest BCUT2D eigenvalue weighted by molar-refractivity contribution is 0.0638. The Morgan fingerprint density at radius 3 is 2.41 bits per heavy atom. The van der Waals surface area contributed by atoms with Crippen molar-refractivity contribution in [3.05, 3.63) is 77.1 Å². The third-order valence-corrected chi connectivity index (χ3v) is 5.72. The van der Waals surface area contributed by atoms with Crippen LogP contribution in [0, 0.1) is 0 Å². The van der Waals surface area contributed by atoms with Crippen LogP contribution < -0.4 is 0 Å². The van der Waals surface area contributed by atoms with Crippen molar-refractivity contribution in [1.29, 1.82) is 0 Å². The lowest BCUT2D eigenvalue weighted by atomic mass is 9.95. The number of carbonyl (C=O) groups is 1. The Bertz CT molecular complexity index is 1140. The summed E-state index contributed by atoms with van der Waals surface area (Å²) in [6.45, 7) is 5.00. The number of aliphatic imine (C=N–C) groups is 1. The summed E-state index contributed by atoms with van der Waals surface area (Å²) in [6.07, 6.45) is 0. The first-order valence-corrected chi connectivity index (χ1v) is 11.1. The van der Waals surface area contributed by atoms with E-state index in [1.807, 2.05) is 87.6 Å². The number of carbonyl (C=O) groups excluding carboxylic acids is 1. The molecule has 0 amide bonds. The summed E-state index contributed by atoms with van der Waals surface area (Å²) in [7, 11) is 5.80. The van der Waals surface area contributed by atoms with Gasteiger partial charge in [-0.15, -0.1) is 12.4 Å². The number of ether oxygens (including phenoxy) is 1. The number of halogens is 1. The van der Waals surface area contributed by atoms with Gasteiger partial charge in [0.1, 0.15) is 0 Å². The van der Waals surface area contributed by atoms with E-state index >= 15 is 0 Å². The number of morpholine rings is 1. The van der Waals surface area contributed by atoms with E-state index in [-0.39, 0.29) is 24.1 Å². The first-order valence-electron chi connectivity index (χ1n) is 11.1. The highest BCUT2D eigenvalue weighted by Crippen LogP contribution is 2.25. The van der Waals surface area contributed by atoms with Crippen molar-refractivity contribution in [3.8, 4) is 0 Å². The fourth-order valence-electron chi connectivity index (χ4n) is 3.84. The minimum Gasteiger partial charge on any atom is -0.378 e. The molecule has 1 saturated heterocycles. The van der Waals surface area contributed by atoms with Crippen LogP contribution in [-0.2, 0) is 11.8 Å². The second-order valence-electron chi connectivity index (χ2n) is 8.34. The number of rotatable bonds is 5. The molecule has 34 heavy (non-hydrogen) atoms. The number of hydrogen-bond acceptors (Lipinski definition) is 5. The molecule has 1 atom stereocenters. The molecule has 0 bridgehead atoms. The third kappa shape index (κ3) is 5.63. The van der Waals surface area contributed by atoms with Crippen molar-refractivity contribution in [2.75, 3.05) is 40.4 Å². The molecule has 9 heteroatoms. The molecule has 0 spiro atoms. The average Bonchev–Trinajstić information content (AvgIpc) is 3.22. The van der Waals surface area contributed by atoms with Crippen LogP contribution in [0.3, 0.4) is 0 Å². The topological polar surface area (TPSA) is 75.8 Å². The maximum Gasteiger partial charge on any atom is 0.251 e. The van der Waals surface area contributed by atoms with Gasteiger partial charge in [-0.25, -0.2) is 4.68 Å². The lowest BCUT2D eigenvalue weighted by Crippen LogP contribution is -2.46. The summed E-state index contributed by atoms with van der Waals surface area (Å²) in [4.78, 5) is 26.6. The lowest BCUT2D eigenvalue weighted by Gasteiger charge is -2.32. The number of nitrogens with zero attached hydrogens (tertiary/aromatic N) is 6. The summed E-state index contributed by atoms with van der Waals surface area (Å²) in [5.41, 5.74) is 2.31. The van der Waals surface area contributed by atoms with Gasteiger partial charge in [0, 0.05) is 51.3 Å². The maximum atomic E-state index is 12.9. The zero-order valence-corrected chi connectivity index (χ0v) is 20.8. The third-order valence-electron chi connectivity index (χ3n) is 5.72. The molecule has 0 radical (unpaired) electrons. The fraction of sp³-hybridized carbons (Fsp3) is 0.360. The molecule has 0 N–H and O–H groups in total.